The lowest BCUT2D eigenvalue weighted by Gasteiger charge is -2.21. The van der Waals surface area contributed by atoms with Gasteiger partial charge in [0.15, 0.2) is 5.13 Å². The molecule has 0 radical (unpaired) electrons. The minimum atomic E-state index is -3.71. The Bertz CT molecular complexity index is 1470. The van der Waals surface area contributed by atoms with E-state index in [1.54, 1.807) is 24.1 Å². The monoisotopic (exact) mass is 600 g/mol. The number of anilines is 1. The molecule has 194 valence electrons. The van der Waals surface area contributed by atoms with Crippen molar-refractivity contribution >= 4 is 58.5 Å². The summed E-state index contributed by atoms with van der Waals surface area (Å²) in [6, 6.07) is 21.4. The molecule has 0 unspecified atom stereocenters. The average molecular weight is 602 g/mol. The molecular weight excluding hydrogens is 572 g/mol. The summed E-state index contributed by atoms with van der Waals surface area (Å²) in [4.78, 5) is 22.2. The summed E-state index contributed by atoms with van der Waals surface area (Å²) >= 11 is 4.96. The number of carbonyl (C=O) groups excluding carboxylic acids is 1. The summed E-state index contributed by atoms with van der Waals surface area (Å²) in [5, 5.41) is 0.621. The molecule has 4 rings (SSSR count). The highest BCUT2D eigenvalue weighted by Gasteiger charge is 2.24. The Morgan fingerprint density at radius 1 is 0.946 bits per heavy atom. The number of sulfonamides is 1. The molecule has 0 aliphatic heterocycles. The fraction of sp³-hybridized carbons (Fsp3) is 0.259. The van der Waals surface area contributed by atoms with Crippen molar-refractivity contribution in [2.45, 2.75) is 17.9 Å². The highest BCUT2D eigenvalue weighted by atomic mass is 79.9. The maximum Gasteiger partial charge on any atom is 0.260 e. The standard InChI is InChI=1S/C27H29BrN4O3S2/c1-30(2)16-7-17-32(27-29-24-15-12-22(28)18-25(24)36-27)26(33)21-10-13-23(14-11-21)37(34,35)31(3)19-20-8-5-4-6-9-20/h4-6,8-15,18H,7,16-17,19H2,1-3H3. The smallest absolute Gasteiger partial charge is 0.260 e. The predicted octanol–water partition coefficient (Wildman–Crippen LogP) is 5.48. The largest absolute Gasteiger partial charge is 0.309 e. The Kier molecular flexibility index (Phi) is 8.76. The zero-order valence-electron chi connectivity index (χ0n) is 21.0. The number of hydrogen-bond acceptors (Lipinski definition) is 6. The molecule has 0 fully saturated rings. The van der Waals surface area contributed by atoms with Crippen LogP contribution < -0.4 is 4.90 Å². The number of carbonyl (C=O) groups is 1. The van der Waals surface area contributed by atoms with E-state index in [0.29, 0.717) is 17.2 Å². The molecule has 3 aromatic carbocycles. The minimum absolute atomic E-state index is 0.145. The van der Waals surface area contributed by atoms with Crippen molar-refractivity contribution in [2.75, 3.05) is 39.1 Å². The molecule has 0 saturated carbocycles. The van der Waals surface area contributed by atoms with Crippen LogP contribution in [0, 0.1) is 0 Å². The number of nitrogens with zero attached hydrogens (tertiary/aromatic N) is 4. The van der Waals surface area contributed by atoms with Gasteiger partial charge in [0, 0.05) is 30.2 Å². The molecular formula is C27H29BrN4O3S2. The van der Waals surface area contributed by atoms with E-state index in [-0.39, 0.29) is 17.3 Å². The summed E-state index contributed by atoms with van der Waals surface area (Å²) in [7, 11) is 1.84. The second-order valence-electron chi connectivity index (χ2n) is 8.99. The van der Waals surface area contributed by atoms with E-state index in [1.807, 2.05) is 62.6 Å². The molecule has 10 heteroatoms. The number of fused-ring (bicyclic) bond motifs is 1. The minimum Gasteiger partial charge on any atom is -0.309 e. The normalized spacial score (nSPS) is 11.9. The molecule has 0 spiro atoms. The second-order valence-corrected chi connectivity index (χ2v) is 13.0. The van der Waals surface area contributed by atoms with Gasteiger partial charge in [0.25, 0.3) is 5.91 Å². The lowest BCUT2D eigenvalue weighted by Crippen LogP contribution is -2.33. The number of aromatic nitrogens is 1. The third kappa shape index (κ3) is 6.63. The summed E-state index contributed by atoms with van der Waals surface area (Å²) in [5.41, 5.74) is 2.14. The summed E-state index contributed by atoms with van der Waals surface area (Å²) < 4.78 is 29.5. The van der Waals surface area contributed by atoms with Crippen LogP contribution in [0.2, 0.25) is 0 Å². The van der Waals surface area contributed by atoms with Gasteiger partial charge in [-0.3, -0.25) is 9.69 Å². The quantitative estimate of drug-likeness (QED) is 0.241. The van der Waals surface area contributed by atoms with Crippen molar-refractivity contribution in [3.05, 3.63) is 88.4 Å². The number of benzene rings is 3. The Balaban J connectivity index is 1.57. The summed E-state index contributed by atoms with van der Waals surface area (Å²) in [6.07, 6.45) is 0.773. The van der Waals surface area contributed by atoms with E-state index in [1.165, 1.54) is 27.8 Å². The Labute approximate surface area is 230 Å². The van der Waals surface area contributed by atoms with Gasteiger partial charge in [-0.25, -0.2) is 13.4 Å². The van der Waals surface area contributed by atoms with Crippen LogP contribution in [-0.2, 0) is 16.6 Å². The zero-order valence-corrected chi connectivity index (χ0v) is 24.2. The molecule has 1 aromatic heterocycles. The van der Waals surface area contributed by atoms with Gasteiger partial charge in [0.2, 0.25) is 10.0 Å². The fourth-order valence-electron chi connectivity index (χ4n) is 3.86. The van der Waals surface area contributed by atoms with E-state index in [2.05, 4.69) is 20.8 Å². The molecule has 1 heterocycles. The van der Waals surface area contributed by atoms with E-state index in [9.17, 15) is 13.2 Å². The number of thiazole rings is 1. The van der Waals surface area contributed by atoms with Gasteiger partial charge in [-0.15, -0.1) is 0 Å². The van der Waals surface area contributed by atoms with Gasteiger partial charge in [-0.05, 0) is 75.1 Å². The molecule has 37 heavy (non-hydrogen) atoms. The SMILES string of the molecule is CN(C)CCCN(C(=O)c1ccc(S(=O)(=O)N(C)Cc2ccccc2)cc1)c1nc2ccc(Br)cc2s1. The molecule has 0 aliphatic carbocycles. The van der Waals surface area contributed by atoms with Crippen LogP contribution in [0.15, 0.2) is 82.2 Å². The van der Waals surface area contributed by atoms with Crippen LogP contribution >= 0.6 is 27.3 Å². The molecule has 7 nitrogen and oxygen atoms in total. The first-order valence-electron chi connectivity index (χ1n) is 11.8. The third-order valence-electron chi connectivity index (χ3n) is 5.86. The first kappa shape index (κ1) is 27.4. The average Bonchev–Trinajstić information content (AvgIpc) is 3.29. The number of halogens is 1. The van der Waals surface area contributed by atoms with Crippen molar-refractivity contribution in [1.29, 1.82) is 0 Å². The van der Waals surface area contributed by atoms with Crippen molar-refractivity contribution in [3.63, 3.8) is 0 Å². The summed E-state index contributed by atoms with van der Waals surface area (Å²) in [6.45, 7) is 1.58. The summed E-state index contributed by atoms with van der Waals surface area (Å²) in [5.74, 6) is -0.210. The Morgan fingerprint density at radius 2 is 1.65 bits per heavy atom. The van der Waals surface area contributed by atoms with Crippen LogP contribution in [0.3, 0.4) is 0 Å². The van der Waals surface area contributed by atoms with E-state index in [0.717, 1.165) is 33.2 Å². The predicted molar refractivity (Wildman–Crippen MR) is 154 cm³/mol. The molecule has 1 amide bonds. The molecule has 0 bridgehead atoms. The van der Waals surface area contributed by atoms with Crippen molar-refractivity contribution in [2.24, 2.45) is 0 Å². The zero-order chi connectivity index (χ0) is 26.6. The Morgan fingerprint density at radius 3 is 2.32 bits per heavy atom. The van der Waals surface area contributed by atoms with Gasteiger partial charge < -0.3 is 4.90 Å². The lowest BCUT2D eigenvalue weighted by molar-refractivity contribution is 0.0986. The van der Waals surface area contributed by atoms with Gasteiger partial charge in [0.05, 0.1) is 15.1 Å². The molecule has 0 N–H and O–H groups in total. The van der Waals surface area contributed by atoms with Crippen LogP contribution in [0.5, 0.6) is 0 Å². The topological polar surface area (TPSA) is 73.8 Å². The van der Waals surface area contributed by atoms with Gasteiger partial charge in [-0.2, -0.15) is 4.31 Å². The number of hydrogen-bond donors (Lipinski definition) is 0. The van der Waals surface area contributed by atoms with E-state index >= 15 is 0 Å². The van der Waals surface area contributed by atoms with E-state index in [4.69, 9.17) is 4.98 Å². The number of rotatable bonds is 10. The maximum absolute atomic E-state index is 13.6. The maximum atomic E-state index is 13.6. The van der Waals surface area contributed by atoms with Gasteiger partial charge >= 0.3 is 0 Å². The first-order chi connectivity index (χ1) is 17.6. The third-order valence-corrected chi connectivity index (χ3v) is 9.21. The lowest BCUT2D eigenvalue weighted by atomic mass is 10.2. The van der Waals surface area contributed by atoms with Gasteiger partial charge in [-0.1, -0.05) is 57.6 Å². The number of amides is 1. The second kappa shape index (κ2) is 11.8. The van der Waals surface area contributed by atoms with E-state index < -0.39 is 10.0 Å². The van der Waals surface area contributed by atoms with Crippen molar-refractivity contribution < 1.29 is 13.2 Å². The fourth-order valence-corrected chi connectivity index (χ4v) is 6.56. The van der Waals surface area contributed by atoms with Gasteiger partial charge in [0.1, 0.15) is 0 Å². The van der Waals surface area contributed by atoms with Crippen LogP contribution in [0.25, 0.3) is 10.2 Å². The highest BCUT2D eigenvalue weighted by molar-refractivity contribution is 9.10. The highest BCUT2D eigenvalue weighted by Crippen LogP contribution is 2.32. The molecule has 0 aliphatic rings. The van der Waals surface area contributed by atoms with Crippen molar-refractivity contribution in [3.8, 4) is 0 Å². The molecule has 0 atom stereocenters. The first-order valence-corrected chi connectivity index (χ1v) is 14.8. The van der Waals surface area contributed by atoms with Crippen LogP contribution in [-0.4, -0.2) is 62.7 Å². The Hall–Kier alpha value is -2.63. The molecule has 0 saturated heterocycles. The van der Waals surface area contributed by atoms with Crippen LogP contribution in [0.1, 0.15) is 22.3 Å². The van der Waals surface area contributed by atoms with Crippen LogP contribution in [0.4, 0.5) is 5.13 Å². The molecule has 4 aromatic rings. The van der Waals surface area contributed by atoms with Crippen molar-refractivity contribution in [1.82, 2.24) is 14.2 Å².